The second-order valence-electron chi connectivity index (χ2n) is 4.70. The molecule has 0 aliphatic carbocycles. The molecule has 1 saturated heterocycles. The van der Waals surface area contributed by atoms with Crippen LogP contribution in [-0.4, -0.2) is 33.4 Å². The zero-order valence-electron chi connectivity index (χ0n) is 11.0. The van der Waals surface area contributed by atoms with Crippen molar-refractivity contribution >= 4 is 0 Å². The van der Waals surface area contributed by atoms with Crippen LogP contribution in [0.15, 0.2) is 18.2 Å². The van der Waals surface area contributed by atoms with Gasteiger partial charge in [-0.05, 0) is 44.6 Å². The van der Waals surface area contributed by atoms with Crippen LogP contribution in [0.4, 0.5) is 4.39 Å². The van der Waals surface area contributed by atoms with E-state index in [1.165, 1.54) is 0 Å². The SMILES string of the molecule is CCOc1ccc(C2(CCNC)COC2)cc1F. The standard InChI is InChI=1S/C14H20FNO2/c1-3-18-13-5-4-11(8-12(13)15)14(6-7-16-2)9-17-10-14/h4-5,8,16H,3,6-7,9-10H2,1-2H3. The van der Waals surface area contributed by atoms with E-state index in [-0.39, 0.29) is 11.2 Å². The highest BCUT2D eigenvalue weighted by Gasteiger charge is 2.40. The Hall–Kier alpha value is -1.13. The minimum atomic E-state index is -0.287. The number of rotatable bonds is 6. The summed E-state index contributed by atoms with van der Waals surface area (Å²) in [5.41, 5.74) is 0.971. The molecule has 3 nitrogen and oxygen atoms in total. The van der Waals surface area contributed by atoms with Gasteiger partial charge in [-0.1, -0.05) is 6.07 Å². The minimum absolute atomic E-state index is 0.0331. The van der Waals surface area contributed by atoms with Crippen molar-refractivity contribution in [2.45, 2.75) is 18.8 Å². The molecular formula is C14H20FNO2. The predicted molar refractivity (Wildman–Crippen MR) is 68.6 cm³/mol. The summed E-state index contributed by atoms with van der Waals surface area (Å²) in [6, 6.07) is 5.25. The Morgan fingerprint density at radius 3 is 2.72 bits per heavy atom. The van der Waals surface area contributed by atoms with Crippen LogP contribution in [0.3, 0.4) is 0 Å². The number of nitrogens with one attached hydrogen (secondary N) is 1. The van der Waals surface area contributed by atoms with E-state index in [0.29, 0.717) is 25.6 Å². The van der Waals surface area contributed by atoms with Gasteiger partial charge < -0.3 is 14.8 Å². The molecule has 18 heavy (non-hydrogen) atoms. The first-order chi connectivity index (χ1) is 8.72. The van der Waals surface area contributed by atoms with Gasteiger partial charge in [0.1, 0.15) is 0 Å². The van der Waals surface area contributed by atoms with Crippen LogP contribution in [0.5, 0.6) is 5.75 Å². The summed E-state index contributed by atoms with van der Waals surface area (Å²) >= 11 is 0. The molecule has 0 unspecified atom stereocenters. The van der Waals surface area contributed by atoms with Gasteiger partial charge in [0.05, 0.1) is 19.8 Å². The first-order valence-electron chi connectivity index (χ1n) is 6.37. The van der Waals surface area contributed by atoms with Gasteiger partial charge >= 0.3 is 0 Å². The lowest BCUT2D eigenvalue weighted by atomic mass is 9.76. The fourth-order valence-corrected chi connectivity index (χ4v) is 2.27. The van der Waals surface area contributed by atoms with E-state index in [1.807, 2.05) is 20.0 Å². The van der Waals surface area contributed by atoms with Gasteiger partial charge in [0.15, 0.2) is 11.6 Å². The highest BCUT2D eigenvalue weighted by atomic mass is 19.1. The van der Waals surface area contributed by atoms with Gasteiger partial charge in [0.25, 0.3) is 0 Å². The normalized spacial score (nSPS) is 17.3. The van der Waals surface area contributed by atoms with E-state index in [1.54, 1.807) is 12.1 Å². The second-order valence-corrected chi connectivity index (χ2v) is 4.70. The molecule has 1 N–H and O–H groups in total. The summed E-state index contributed by atoms with van der Waals surface area (Å²) in [5, 5.41) is 3.13. The molecule has 1 fully saturated rings. The Bertz CT molecular complexity index is 405. The third-order valence-electron chi connectivity index (χ3n) is 3.45. The summed E-state index contributed by atoms with van der Waals surface area (Å²) in [7, 11) is 1.92. The fraction of sp³-hybridized carbons (Fsp3) is 0.571. The van der Waals surface area contributed by atoms with Gasteiger partial charge in [0, 0.05) is 5.41 Å². The van der Waals surface area contributed by atoms with E-state index in [9.17, 15) is 4.39 Å². The van der Waals surface area contributed by atoms with Crippen LogP contribution in [0.1, 0.15) is 18.9 Å². The van der Waals surface area contributed by atoms with Gasteiger partial charge in [-0.25, -0.2) is 4.39 Å². The maximum atomic E-state index is 13.9. The highest BCUT2D eigenvalue weighted by Crippen LogP contribution is 2.37. The summed E-state index contributed by atoms with van der Waals surface area (Å²) < 4.78 is 24.4. The van der Waals surface area contributed by atoms with Crippen molar-refractivity contribution in [1.29, 1.82) is 0 Å². The first kappa shape index (κ1) is 13.3. The van der Waals surface area contributed by atoms with Crippen molar-refractivity contribution in [3.8, 4) is 5.75 Å². The third kappa shape index (κ3) is 2.49. The maximum absolute atomic E-state index is 13.9. The number of hydrogen-bond donors (Lipinski definition) is 1. The lowest BCUT2D eigenvalue weighted by Gasteiger charge is -2.42. The lowest BCUT2D eigenvalue weighted by molar-refractivity contribution is -0.0639. The molecule has 1 heterocycles. The summed E-state index contributed by atoms with van der Waals surface area (Å²) in [4.78, 5) is 0. The van der Waals surface area contributed by atoms with Crippen molar-refractivity contribution in [2.75, 3.05) is 33.4 Å². The molecule has 0 spiro atoms. The molecule has 0 atom stereocenters. The number of hydrogen-bond acceptors (Lipinski definition) is 3. The molecular weight excluding hydrogens is 233 g/mol. The average Bonchev–Trinajstić information content (AvgIpc) is 2.31. The Morgan fingerprint density at radius 1 is 1.44 bits per heavy atom. The van der Waals surface area contributed by atoms with Gasteiger partial charge in [-0.3, -0.25) is 0 Å². The molecule has 1 aromatic carbocycles. The largest absolute Gasteiger partial charge is 0.491 e. The number of ether oxygens (including phenoxy) is 2. The fourth-order valence-electron chi connectivity index (χ4n) is 2.27. The number of benzene rings is 1. The van der Waals surface area contributed by atoms with Crippen molar-refractivity contribution in [2.24, 2.45) is 0 Å². The summed E-state index contributed by atoms with van der Waals surface area (Å²) in [6.07, 6.45) is 0.955. The molecule has 0 saturated carbocycles. The van der Waals surface area contributed by atoms with Crippen LogP contribution in [0.25, 0.3) is 0 Å². The summed E-state index contributed by atoms with van der Waals surface area (Å²) in [5.74, 6) is 0.0374. The second kappa shape index (κ2) is 5.67. The Balaban J connectivity index is 2.18. The monoisotopic (exact) mass is 253 g/mol. The predicted octanol–water partition coefficient (Wildman–Crippen LogP) is 2.10. The molecule has 1 aliphatic heterocycles. The molecule has 1 aromatic rings. The van der Waals surface area contributed by atoms with E-state index < -0.39 is 0 Å². The van der Waals surface area contributed by atoms with Gasteiger partial charge in [0.2, 0.25) is 0 Å². The van der Waals surface area contributed by atoms with Crippen LogP contribution >= 0.6 is 0 Å². The van der Waals surface area contributed by atoms with Gasteiger partial charge in [-0.2, -0.15) is 0 Å². The quantitative estimate of drug-likeness (QED) is 0.842. The van der Waals surface area contributed by atoms with Crippen molar-refractivity contribution in [3.63, 3.8) is 0 Å². The smallest absolute Gasteiger partial charge is 0.165 e. The maximum Gasteiger partial charge on any atom is 0.165 e. The van der Waals surface area contributed by atoms with Crippen LogP contribution < -0.4 is 10.1 Å². The molecule has 0 aromatic heterocycles. The molecule has 1 aliphatic rings. The highest BCUT2D eigenvalue weighted by molar-refractivity contribution is 5.35. The van der Waals surface area contributed by atoms with E-state index in [2.05, 4.69) is 5.32 Å². The van der Waals surface area contributed by atoms with Crippen LogP contribution in [-0.2, 0) is 10.2 Å². The number of halogens is 1. The lowest BCUT2D eigenvalue weighted by Crippen LogP contribution is -2.48. The summed E-state index contributed by atoms with van der Waals surface area (Å²) in [6.45, 7) is 4.56. The Labute approximate surface area is 107 Å². The van der Waals surface area contributed by atoms with E-state index >= 15 is 0 Å². The van der Waals surface area contributed by atoms with E-state index in [0.717, 1.165) is 18.5 Å². The first-order valence-corrected chi connectivity index (χ1v) is 6.37. The molecule has 0 bridgehead atoms. The molecule has 2 rings (SSSR count). The van der Waals surface area contributed by atoms with Crippen molar-refractivity contribution < 1.29 is 13.9 Å². The average molecular weight is 253 g/mol. The topological polar surface area (TPSA) is 30.5 Å². The zero-order chi connectivity index (χ0) is 13.0. The third-order valence-corrected chi connectivity index (χ3v) is 3.45. The van der Waals surface area contributed by atoms with Crippen molar-refractivity contribution in [3.05, 3.63) is 29.6 Å². The van der Waals surface area contributed by atoms with E-state index in [4.69, 9.17) is 9.47 Å². The Kier molecular flexibility index (Phi) is 4.19. The van der Waals surface area contributed by atoms with Crippen LogP contribution in [0.2, 0.25) is 0 Å². The molecule has 4 heteroatoms. The zero-order valence-corrected chi connectivity index (χ0v) is 11.0. The van der Waals surface area contributed by atoms with Crippen molar-refractivity contribution in [1.82, 2.24) is 5.32 Å². The van der Waals surface area contributed by atoms with Crippen LogP contribution in [0, 0.1) is 5.82 Å². The molecule has 100 valence electrons. The van der Waals surface area contributed by atoms with Gasteiger partial charge in [-0.15, -0.1) is 0 Å². The molecule has 0 amide bonds. The Morgan fingerprint density at radius 2 is 2.22 bits per heavy atom. The minimum Gasteiger partial charge on any atom is -0.491 e. The molecule has 0 radical (unpaired) electrons.